The summed E-state index contributed by atoms with van der Waals surface area (Å²) in [5, 5.41) is 11.5. The molecule has 114 valence electrons. The molecule has 21 heavy (non-hydrogen) atoms. The van der Waals surface area contributed by atoms with E-state index in [1.54, 1.807) is 13.0 Å². The van der Waals surface area contributed by atoms with Gasteiger partial charge in [-0.2, -0.15) is 0 Å². The molecule has 0 radical (unpaired) electrons. The number of halogens is 1. The maximum atomic E-state index is 11.6. The minimum atomic E-state index is -0.429. The lowest BCUT2D eigenvalue weighted by atomic mass is 10.1. The molecule has 0 unspecified atom stereocenters. The quantitative estimate of drug-likeness (QED) is 0.440. The predicted octanol–water partition coefficient (Wildman–Crippen LogP) is 2.78. The van der Waals surface area contributed by atoms with Gasteiger partial charge in [-0.3, -0.25) is 19.8 Å². The molecular weight excluding hydrogens is 296 g/mol. The van der Waals surface area contributed by atoms with Crippen molar-refractivity contribution in [2.24, 2.45) is 0 Å². The minimum absolute atomic E-state index is 0.0221. The molecule has 0 spiro atoms. The molecule has 0 heterocycles. The van der Waals surface area contributed by atoms with Crippen molar-refractivity contribution in [1.82, 2.24) is 4.90 Å². The summed E-state index contributed by atoms with van der Waals surface area (Å²) >= 11 is 5.92. The third-order valence-electron chi connectivity index (χ3n) is 3.31. The SMILES string of the molecule is CCOC(=O)CN(Cc1cc(Cl)ccc1[N+](=O)[O-])C1CC1. The lowest BCUT2D eigenvalue weighted by molar-refractivity contribution is -0.385. The zero-order valence-corrected chi connectivity index (χ0v) is 12.5. The summed E-state index contributed by atoms with van der Waals surface area (Å²) in [6, 6.07) is 4.76. The molecular formula is C14H17ClN2O4. The zero-order valence-electron chi connectivity index (χ0n) is 11.8. The smallest absolute Gasteiger partial charge is 0.320 e. The first-order valence-electron chi connectivity index (χ1n) is 6.83. The van der Waals surface area contributed by atoms with Crippen molar-refractivity contribution < 1.29 is 14.5 Å². The average Bonchev–Trinajstić information content (AvgIpc) is 3.22. The van der Waals surface area contributed by atoms with Gasteiger partial charge >= 0.3 is 5.97 Å². The first-order chi connectivity index (χ1) is 10.0. The van der Waals surface area contributed by atoms with Crippen LogP contribution in [0.1, 0.15) is 25.3 Å². The van der Waals surface area contributed by atoms with E-state index < -0.39 is 4.92 Å². The Hall–Kier alpha value is -1.66. The van der Waals surface area contributed by atoms with E-state index in [2.05, 4.69) is 0 Å². The second-order valence-electron chi connectivity index (χ2n) is 4.97. The summed E-state index contributed by atoms with van der Waals surface area (Å²) in [6.45, 7) is 2.54. The molecule has 6 nitrogen and oxygen atoms in total. The lowest BCUT2D eigenvalue weighted by Gasteiger charge is -2.20. The van der Waals surface area contributed by atoms with Gasteiger partial charge in [0.2, 0.25) is 0 Å². The van der Waals surface area contributed by atoms with Crippen molar-refractivity contribution >= 4 is 23.3 Å². The summed E-state index contributed by atoms with van der Waals surface area (Å²) in [4.78, 5) is 24.2. The van der Waals surface area contributed by atoms with E-state index in [4.69, 9.17) is 16.3 Å². The van der Waals surface area contributed by atoms with Crippen molar-refractivity contribution in [3.63, 3.8) is 0 Å². The monoisotopic (exact) mass is 312 g/mol. The molecule has 2 rings (SSSR count). The highest BCUT2D eigenvalue weighted by atomic mass is 35.5. The van der Waals surface area contributed by atoms with E-state index in [1.165, 1.54) is 12.1 Å². The molecule has 1 aromatic rings. The van der Waals surface area contributed by atoms with Crippen molar-refractivity contribution in [3.8, 4) is 0 Å². The molecule has 1 aliphatic carbocycles. The summed E-state index contributed by atoms with van der Waals surface area (Å²) in [7, 11) is 0. The third-order valence-corrected chi connectivity index (χ3v) is 3.55. The van der Waals surface area contributed by atoms with Gasteiger partial charge in [-0.25, -0.2) is 0 Å². The fraction of sp³-hybridized carbons (Fsp3) is 0.500. The van der Waals surface area contributed by atoms with Gasteiger partial charge in [0.15, 0.2) is 0 Å². The highest BCUT2D eigenvalue weighted by Gasteiger charge is 2.32. The van der Waals surface area contributed by atoms with Crippen LogP contribution in [0.25, 0.3) is 0 Å². The largest absolute Gasteiger partial charge is 0.465 e. The fourth-order valence-electron chi connectivity index (χ4n) is 2.20. The summed E-state index contributed by atoms with van der Waals surface area (Å²) in [6.07, 6.45) is 1.99. The molecule has 1 aromatic carbocycles. The second kappa shape index (κ2) is 6.87. The van der Waals surface area contributed by atoms with Crippen LogP contribution in [0.2, 0.25) is 5.02 Å². The van der Waals surface area contributed by atoms with E-state index in [9.17, 15) is 14.9 Å². The second-order valence-corrected chi connectivity index (χ2v) is 5.41. The van der Waals surface area contributed by atoms with Gasteiger partial charge in [0.1, 0.15) is 0 Å². The number of carbonyl (C=O) groups is 1. The van der Waals surface area contributed by atoms with Gasteiger partial charge in [-0.05, 0) is 31.9 Å². The van der Waals surface area contributed by atoms with Crippen LogP contribution in [0.3, 0.4) is 0 Å². The van der Waals surface area contributed by atoms with Crippen molar-refractivity contribution in [3.05, 3.63) is 38.9 Å². The third kappa shape index (κ3) is 4.41. The Morgan fingerprint density at radius 1 is 1.52 bits per heavy atom. The van der Waals surface area contributed by atoms with E-state index in [0.29, 0.717) is 23.7 Å². The first kappa shape index (κ1) is 15.7. The van der Waals surface area contributed by atoms with Gasteiger partial charge in [-0.1, -0.05) is 11.6 Å². The maximum absolute atomic E-state index is 11.6. The number of hydrogen-bond donors (Lipinski definition) is 0. The molecule has 7 heteroatoms. The van der Waals surface area contributed by atoms with Crippen LogP contribution in [-0.4, -0.2) is 35.0 Å². The highest BCUT2D eigenvalue weighted by Crippen LogP contribution is 2.31. The molecule has 0 bridgehead atoms. The van der Waals surface area contributed by atoms with Crippen LogP contribution >= 0.6 is 11.6 Å². The number of ether oxygens (including phenoxy) is 1. The first-order valence-corrected chi connectivity index (χ1v) is 7.21. The highest BCUT2D eigenvalue weighted by molar-refractivity contribution is 6.30. The Morgan fingerprint density at radius 3 is 2.81 bits per heavy atom. The molecule has 1 aliphatic rings. The average molecular weight is 313 g/mol. The molecule has 0 aliphatic heterocycles. The van der Waals surface area contributed by atoms with Crippen LogP contribution in [0.15, 0.2) is 18.2 Å². The Labute approximate surface area is 127 Å². The Balaban J connectivity index is 2.15. The van der Waals surface area contributed by atoms with Crippen LogP contribution in [0.5, 0.6) is 0 Å². The number of benzene rings is 1. The van der Waals surface area contributed by atoms with Crippen LogP contribution < -0.4 is 0 Å². The van der Waals surface area contributed by atoms with E-state index in [1.807, 2.05) is 4.90 Å². The molecule has 0 atom stereocenters. The zero-order chi connectivity index (χ0) is 15.4. The normalized spacial score (nSPS) is 14.2. The molecule has 1 saturated carbocycles. The standard InChI is InChI=1S/C14H17ClN2O4/c1-2-21-14(18)9-16(12-4-5-12)8-10-7-11(15)3-6-13(10)17(19)20/h3,6-7,12H,2,4-5,8-9H2,1H3. The lowest BCUT2D eigenvalue weighted by Crippen LogP contribution is -2.32. The van der Waals surface area contributed by atoms with Gasteiger partial charge in [0.25, 0.3) is 5.69 Å². The Morgan fingerprint density at radius 2 is 2.24 bits per heavy atom. The summed E-state index contributed by atoms with van der Waals surface area (Å²) in [5.74, 6) is -0.311. The minimum Gasteiger partial charge on any atom is -0.465 e. The number of nitrogens with zero attached hydrogens (tertiary/aromatic N) is 2. The number of hydrogen-bond acceptors (Lipinski definition) is 5. The number of esters is 1. The van der Waals surface area contributed by atoms with Gasteiger partial charge in [0.05, 0.1) is 18.1 Å². The molecule has 0 saturated heterocycles. The molecule has 0 N–H and O–H groups in total. The maximum Gasteiger partial charge on any atom is 0.320 e. The number of carbonyl (C=O) groups excluding carboxylic acids is 1. The molecule has 0 amide bonds. The Kier molecular flexibility index (Phi) is 5.14. The van der Waals surface area contributed by atoms with Crippen molar-refractivity contribution in [2.45, 2.75) is 32.4 Å². The summed E-state index contributed by atoms with van der Waals surface area (Å²) in [5.41, 5.74) is 0.539. The number of rotatable bonds is 7. The van der Waals surface area contributed by atoms with Gasteiger partial charge in [0, 0.05) is 29.2 Å². The van der Waals surface area contributed by atoms with Crippen molar-refractivity contribution in [2.75, 3.05) is 13.2 Å². The molecule has 0 aromatic heterocycles. The molecule has 1 fully saturated rings. The number of nitro benzene ring substituents is 1. The van der Waals surface area contributed by atoms with E-state index in [0.717, 1.165) is 12.8 Å². The van der Waals surface area contributed by atoms with Crippen LogP contribution in [0.4, 0.5) is 5.69 Å². The number of nitro groups is 1. The predicted molar refractivity (Wildman–Crippen MR) is 78.2 cm³/mol. The van der Waals surface area contributed by atoms with Crippen LogP contribution in [0, 0.1) is 10.1 Å². The van der Waals surface area contributed by atoms with Crippen molar-refractivity contribution in [1.29, 1.82) is 0 Å². The van der Waals surface area contributed by atoms with E-state index in [-0.39, 0.29) is 24.2 Å². The van der Waals surface area contributed by atoms with Gasteiger partial charge in [-0.15, -0.1) is 0 Å². The van der Waals surface area contributed by atoms with Gasteiger partial charge < -0.3 is 4.74 Å². The van der Waals surface area contributed by atoms with E-state index >= 15 is 0 Å². The Bertz CT molecular complexity index is 546. The topological polar surface area (TPSA) is 72.7 Å². The summed E-state index contributed by atoms with van der Waals surface area (Å²) < 4.78 is 4.95. The van der Waals surface area contributed by atoms with Crippen LogP contribution in [-0.2, 0) is 16.1 Å². The fourth-order valence-corrected chi connectivity index (χ4v) is 2.40.